The van der Waals surface area contributed by atoms with Crippen LogP contribution in [0.15, 0.2) is 12.1 Å². The molecule has 2 rings (SSSR count). The fourth-order valence-electron chi connectivity index (χ4n) is 2.03. The summed E-state index contributed by atoms with van der Waals surface area (Å²) in [6, 6.07) is 3.98. The van der Waals surface area contributed by atoms with Gasteiger partial charge in [-0.05, 0) is 32.4 Å². The zero-order chi connectivity index (χ0) is 17.7. The fraction of sp³-hybridized carbons (Fsp3) is 0.438. The number of nitrogens with one attached hydrogen (secondary N) is 2. The molecule has 1 atom stereocenters. The predicted molar refractivity (Wildman–Crippen MR) is 99.2 cm³/mol. The Hall–Kier alpha value is -1.77. The Balaban J connectivity index is 2.03. The van der Waals surface area contributed by atoms with Crippen LogP contribution in [0.5, 0.6) is 0 Å². The number of rotatable bonds is 7. The SMILES string of the molecule is CC(=O)NCc1ccc(-c2nc(NC(=O)CCC(C)N)sc2C)s1. The maximum atomic E-state index is 11.9. The average Bonchev–Trinajstić information content (AvgIpc) is 3.09. The van der Waals surface area contributed by atoms with Gasteiger partial charge < -0.3 is 16.4 Å². The fourth-order valence-corrected chi connectivity index (χ4v) is 3.93. The first-order valence-electron chi connectivity index (χ1n) is 7.71. The Morgan fingerprint density at radius 3 is 2.75 bits per heavy atom. The van der Waals surface area contributed by atoms with Crippen LogP contribution in [0.3, 0.4) is 0 Å². The number of nitrogens with two attached hydrogens (primary N) is 1. The van der Waals surface area contributed by atoms with Crippen LogP contribution in [-0.4, -0.2) is 22.8 Å². The Bertz CT molecular complexity index is 721. The number of amides is 2. The molecular formula is C16H22N4O2S2. The first-order chi connectivity index (χ1) is 11.3. The molecule has 0 radical (unpaired) electrons. The zero-order valence-corrected chi connectivity index (χ0v) is 15.6. The molecule has 130 valence electrons. The summed E-state index contributed by atoms with van der Waals surface area (Å²) in [7, 11) is 0. The molecule has 0 spiro atoms. The highest BCUT2D eigenvalue weighted by Crippen LogP contribution is 2.34. The predicted octanol–water partition coefficient (Wildman–Crippen LogP) is 2.88. The maximum absolute atomic E-state index is 11.9. The molecule has 0 aromatic carbocycles. The topological polar surface area (TPSA) is 97.1 Å². The van der Waals surface area contributed by atoms with Crippen LogP contribution in [0.4, 0.5) is 5.13 Å². The van der Waals surface area contributed by atoms with Crippen molar-refractivity contribution in [3.05, 3.63) is 21.9 Å². The van der Waals surface area contributed by atoms with Crippen molar-refractivity contribution in [3.8, 4) is 10.6 Å². The van der Waals surface area contributed by atoms with E-state index in [1.54, 1.807) is 11.3 Å². The molecule has 8 heteroatoms. The van der Waals surface area contributed by atoms with Crippen molar-refractivity contribution in [2.75, 3.05) is 5.32 Å². The van der Waals surface area contributed by atoms with E-state index in [4.69, 9.17) is 5.73 Å². The van der Waals surface area contributed by atoms with E-state index in [1.807, 2.05) is 26.0 Å². The monoisotopic (exact) mass is 366 g/mol. The van der Waals surface area contributed by atoms with E-state index in [0.29, 0.717) is 24.5 Å². The van der Waals surface area contributed by atoms with Crippen LogP contribution in [0.25, 0.3) is 10.6 Å². The molecule has 0 aliphatic heterocycles. The van der Waals surface area contributed by atoms with Crippen molar-refractivity contribution in [2.45, 2.75) is 46.2 Å². The summed E-state index contributed by atoms with van der Waals surface area (Å²) < 4.78 is 0. The molecule has 0 bridgehead atoms. The van der Waals surface area contributed by atoms with E-state index in [1.165, 1.54) is 18.3 Å². The number of thiazole rings is 1. The van der Waals surface area contributed by atoms with Crippen LogP contribution in [0.1, 0.15) is 36.4 Å². The highest BCUT2D eigenvalue weighted by Gasteiger charge is 2.14. The lowest BCUT2D eigenvalue weighted by atomic mass is 10.2. The van der Waals surface area contributed by atoms with Crippen molar-refractivity contribution >= 4 is 39.6 Å². The second-order valence-corrected chi connectivity index (χ2v) is 8.04. The van der Waals surface area contributed by atoms with Gasteiger partial charge in [-0.25, -0.2) is 4.98 Å². The van der Waals surface area contributed by atoms with Gasteiger partial charge in [0.2, 0.25) is 11.8 Å². The smallest absolute Gasteiger partial charge is 0.226 e. The summed E-state index contributed by atoms with van der Waals surface area (Å²) in [4.78, 5) is 30.5. The molecule has 2 amide bonds. The van der Waals surface area contributed by atoms with E-state index in [9.17, 15) is 9.59 Å². The number of aryl methyl sites for hydroxylation is 1. The van der Waals surface area contributed by atoms with Crippen molar-refractivity contribution in [1.82, 2.24) is 10.3 Å². The van der Waals surface area contributed by atoms with E-state index < -0.39 is 0 Å². The largest absolute Gasteiger partial charge is 0.351 e. The molecule has 2 heterocycles. The quantitative estimate of drug-likeness (QED) is 0.702. The van der Waals surface area contributed by atoms with Gasteiger partial charge in [-0.2, -0.15) is 0 Å². The zero-order valence-electron chi connectivity index (χ0n) is 14.0. The average molecular weight is 367 g/mol. The first kappa shape index (κ1) is 18.6. The van der Waals surface area contributed by atoms with Gasteiger partial charge in [-0.3, -0.25) is 9.59 Å². The van der Waals surface area contributed by atoms with Crippen molar-refractivity contribution in [1.29, 1.82) is 0 Å². The van der Waals surface area contributed by atoms with Crippen molar-refractivity contribution in [3.63, 3.8) is 0 Å². The highest BCUT2D eigenvalue weighted by molar-refractivity contribution is 7.18. The summed E-state index contributed by atoms with van der Waals surface area (Å²) in [5.41, 5.74) is 6.54. The molecule has 6 nitrogen and oxygen atoms in total. The Morgan fingerprint density at radius 2 is 2.08 bits per heavy atom. The van der Waals surface area contributed by atoms with Crippen LogP contribution < -0.4 is 16.4 Å². The Kier molecular flexibility index (Phi) is 6.47. The van der Waals surface area contributed by atoms with Crippen molar-refractivity contribution < 1.29 is 9.59 Å². The number of anilines is 1. The lowest BCUT2D eigenvalue weighted by Gasteiger charge is -2.04. The number of hydrogen-bond acceptors (Lipinski definition) is 6. The minimum Gasteiger partial charge on any atom is -0.351 e. The van der Waals surface area contributed by atoms with Gasteiger partial charge in [0.25, 0.3) is 0 Å². The van der Waals surface area contributed by atoms with Gasteiger partial charge in [0.15, 0.2) is 5.13 Å². The maximum Gasteiger partial charge on any atom is 0.226 e. The van der Waals surface area contributed by atoms with Crippen LogP contribution >= 0.6 is 22.7 Å². The molecule has 24 heavy (non-hydrogen) atoms. The lowest BCUT2D eigenvalue weighted by Crippen LogP contribution is -2.19. The van der Waals surface area contributed by atoms with Gasteiger partial charge >= 0.3 is 0 Å². The minimum absolute atomic E-state index is 0.0116. The van der Waals surface area contributed by atoms with E-state index in [-0.39, 0.29) is 17.9 Å². The summed E-state index contributed by atoms with van der Waals surface area (Å²) in [6.07, 6.45) is 1.05. The molecule has 0 saturated carbocycles. The standard InChI is InChI=1S/C16H22N4O2S2/c1-9(17)4-7-14(22)19-16-20-15(10(2)23-16)13-6-5-12(24-13)8-18-11(3)21/h5-6,9H,4,7-8,17H2,1-3H3,(H,18,21)(H,19,20,22). The normalized spacial score (nSPS) is 12.0. The van der Waals surface area contributed by atoms with Crippen molar-refractivity contribution in [2.24, 2.45) is 5.73 Å². The number of carbonyl (C=O) groups is 2. The third kappa shape index (κ3) is 5.40. The number of nitrogens with zero attached hydrogens (tertiary/aromatic N) is 1. The lowest BCUT2D eigenvalue weighted by molar-refractivity contribution is -0.119. The molecule has 1 unspecified atom stereocenters. The third-order valence-corrected chi connectivity index (χ3v) is 5.25. The molecular weight excluding hydrogens is 344 g/mol. The van der Waals surface area contributed by atoms with Gasteiger partial charge in [-0.1, -0.05) is 0 Å². The molecule has 0 fully saturated rings. The van der Waals surface area contributed by atoms with E-state index in [0.717, 1.165) is 20.3 Å². The Labute approximate surface area is 149 Å². The minimum atomic E-state index is -0.0647. The van der Waals surface area contributed by atoms with E-state index >= 15 is 0 Å². The van der Waals surface area contributed by atoms with Gasteiger partial charge in [0, 0.05) is 29.1 Å². The molecule has 0 saturated heterocycles. The second kappa shape index (κ2) is 8.36. The molecule has 0 aliphatic rings. The van der Waals surface area contributed by atoms with Gasteiger partial charge in [0.05, 0.1) is 17.1 Å². The number of carbonyl (C=O) groups excluding carboxylic acids is 2. The number of hydrogen-bond donors (Lipinski definition) is 3. The molecule has 0 aliphatic carbocycles. The van der Waals surface area contributed by atoms with Crippen LogP contribution in [-0.2, 0) is 16.1 Å². The van der Waals surface area contributed by atoms with E-state index in [2.05, 4.69) is 15.6 Å². The molecule has 2 aromatic heterocycles. The van der Waals surface area contributed by atoms with Crippen LogP contribution in [0.2, 0.25) is 0 Å². The first-order valence-corrected chi connectivity index (χ1v) is 9.35. The summed E-state index contributed by atoms with van der Waals surface area (Å²) in [5.74, 6) is -0.114. The second-order valence-electron chi connectivity index (χ2n) is 5.66. The molecule has 4 N–H and O–H groups in total. The summed E-state index contributed by atoms with van der Waals surface area (Å²) >= 11 is 3.05. The number of thiophene rings is 1. The summed E-state index contributed by atoms with van der Waals surface area (Å²) in [5, 5.41) is 6.22. The van der Waals surface area contributed by atoms with Crippen LogP contribution in [0, 0.1) is 6.92 Å². The van der Waals surface area contributed by atoms with Gasteiger partial charge in [-0.15, -0.1) is 22.7 Å². The Morgan fingerprint density at radius 1 is 1.33 bits per heavy atom. The number of aromatic nitrogens is 1. The summed E-state index contributed by atoms with van der Waals surface area (Å²) in [6.45, 7) is 5.88. The third-order valence-electron chi connectivity index (χ3n) is 3.28. The van der Waals surface area contributed by atoms with Gasteiger partial charge in [0.1, 0.15) is 0 Å². The highest BCUT2D eigenvalue weighted by atomic mass is 32.1. The molecule has 2 aromatic rings.